The van der Waals surface area contributed by atoms with Crippen molar-refractivity contribution in [2.45, 2.75) is 26.2 Å². The number of unbranched alkanes of at least 4 members (excludes halogenated alkanes) is 2. The highest BCUT2D eigenvalue weighted by molar-refractivity contribution is 7.13. The molecular weight excluding hydrogens is 366 g/mol. The standard InChI is InChI=1S/C19H25N3O4S/c1-4-5-6-8-22(13-17(23)21-19-20-7-9-27-19)18(24)14-10-15(25-2)12-16(11-14)26-3/h7,9-12H,4-6,8,13H2,1-3H3,(H,20,21,23). The van der Waals surface area contributed by atoms with E-state index in [1.807, 2.05) is 0 Å². The smallest absolute Gasteiger partial charge is 0.254 e. The number of carbonyl (C=O) groups is 2. The molecule has 7 nitrogen and oxygen atoms in total. The summed E-state index contributed by atoms with van der Waals surface area (Å²) in [6.45, 7) is 2.55. The Labute approximate surface area is 163 Å². The number of ether oxygens (including phenoxy) is 2. The molecule has 0 aliphatic heterocycles. The lowest BCUT2D eigenvalue weighted by Gasteiger charge is -2.22. The minimum Gasteiger partial charge on any atom is -0.497 e. The lowest BCUT2D eigenvalue weighted by molar-refractivity contribution is -0.116. The highest BCUT2D eigenvalue weighted by Gasteiger charge is 2.20. The van der Waals surface area contributed by atoms with Crippen LogP contribution in [-0.2, 0) is 4.79 Å². The van der Waals surface area contributed by atoms with Crippen molar-refractivity contribution in [3.63, 3.8) is 0 Å². The molecule has 1 N–H and O–H groups in total. The van der Waals surface area contributed by atoms with Gasteiger partial charge in [0.05, 0.1) is 14.2 Å². The maximum absolute atomic E-state index is 13.0. The fourth-order valence-electron chi connectivity index (χ4n) is 2.54. The van der Waals surface area contributed by atoms with Gasteiger partial charge in [0.1, 0.15) is 18.0 Å². The molecule has 27 heavy (non-hydrogen) atoms. The molecule has 1 aromatic carbocycles. The SMILES string of the molecule is CCCCCN(CC(=O)Nc1nccs1)C(=O)c1cc(OC)cc(OC)c1. The summed E-state index contributed by atoms with van der Waals surface area (Å²) in [5.74, 6) is 0.541. The van der Waals surface area contributed by atoms with E-state index in [1.165, 1.54) is 25.6 Å². The van der Waals surface area contributed by atoms with Crippen LogP contribution in [0.1, 0.15) is 36.5 Å². The minimum atomic E-state index is -0.273. The number of aromatic nitrogens is 1. The van der Waals surface area contributed by atoms with Crippen LogP contribution in [0, 0.1) is 0 Å². The summed E-state index contributed by atoms with van der Waals surface area (Å²) in [4.78, 5) is 31.0. The van der Waals surface area contributed by atoms with Crippen molar-refractivity contribution in [2.75, 3.05) is 32.6 Å². The maximum Gasteiger partial charge on any atom is 0.254 e. The number of methoxy groups -OCH3 is 2. The molecule has 0 radical (unpaired) electrons. The van der Waals surface area contributed by atoms with Crippen molar-refractivity contribution in [1.29, 1.82) is 0 Å². The van der Waals surface area contributed by atoms with Gasteiger partial charge in [-0.1, -0.05) is 19.8 Å². The van der Waals surface area contributed by atoms with Gasteiger partial charge in [0.25, 0.3) is 5.91 Å². The second kappa shape index (κ2) is 10.5. The molecule has 1 heterocycles. The van der Waals surface area contributed by atoms with Gasteiger partial charge in [-0.2, -0.15) is 0 Å². The molecule has 0 atom stereocenters. The van der Waals surface area contributed by atoms with E-state index in [0.717, 1.165) is 19.3 Å². The van der Waals surface area contributed by atoms with Crippen LogP contribution >= 0.6 is 11.3 Å². The van der Waals surface area contributed by atoms with Gasteiger partial charge in [-0.05, 0) is 18.6 Å². The fraction of sp³-hybridized carbons (Fsp3) is 0.421. The number of nitrogens with one attached hydrogen (secondary N) is 1. The average Bonchev–Trinajstić information content (AvgIpc) is 3.19. The Balaban J connectivity index is 2.16. The van der Waals surface area contributed by atoms with E-state index in [2.05, 4.69) is 17.2 Å². The fourth-order valence-corrected chi connectivity index (χ4v) is 3.08. The molecule has 0 fully saturated rings. The van der Waals surface area contributed by atoms with Crippen molar-refractivity contribution in [3.05, 3.63) is 35.3 Å². The van der Waals surface area contributed by atoms with Crippen LogP contribution in [0.15, 0.2) is 29.8 Å². The first kappa shape index (κ1) is 20.7. The predicted molar refractivity (Wildman–Crippen MR) is 106 cm³/mol. The van der Waals surface area contributed by atoms with Crippen LogP contribution in [0.4, 0.5) is 5.13 Å². The Kier molecular flexibility index (Phi) is 8.06. The normalized spacial score (nSPS) is 10.3. The second-order valence-electron chi connectivity index (χ2n) is 5.92. The van der Waals surface area contributed by atoms with E-state index < -0.39 is 0 Å². The van der Waals surface area contributed by atoms with E-state index in [9.17, 15) is 9.59 Å². The van der Waals surface area contributed by atoms with Crippen LogP contribution in [0.25, 0.3) is 0 Å². The Morgan fingerprint density at radius 2 is 1.85 bits per heavy atom. The zero-order chi connectivity index (χ0) is 19.6. The molecule has 8 heteroatoms. The Morgan fingerprint density at radius 1 is 1.15 bits per heavy atom. The Morgan fingerprint density at radius 3 is 2.41 bits per heavy atom. The Bertz CT molecular complexity index is 727. The third kappa shape index (κ3) is 6.25. The number of thiazole rings is 1. The summed E-state index contributed by atoms with van der Waals surface area (Å²) in [6.07, 6.45) is 4.46. The number of anilines is 1. The molecule has 0 aliphatic rings. The summed E-state index contributed by atoms with van der Waals surface area (Å²) in [7, 11) is 3.06. The summed E-state index contributed by atoms with van der Waals surface area (Å²) in [6, 6.07) is 5.00. The second-order valence-corrected chi connectivity index (χ2v) is 6.82. The van der Waals surface area contributed by atoms with E-state index in [4.69, 9.17) is 9.47 Å². The van der Waals surface area contributed by atoms with E-state index in [1.54, 1.807) is 34.7 Å². The molecule has 1 aromatic heterocycles. The van der Waals surface area contributed by atoms with Gasteiger partial charge in [0.2, 0.25) is 5.91 Å². The minimum absolute atomic E-state index is 0.0400. The average molecular weight is 391 g/mol. The van der Waals surface area contributed by atoms with E-state index >= 15 is 0 Å². The first-order valence-electron chi connectivity index (χ1n) is 8.79. The zero-order valence-electron chi connectivity index (χ0n) is 15.9. The highest BCUT2D eigenvalue weighted by Crippen LogP contribution is 2.23. The molecule has 0 spiro atoms. The number of carbonyl (C=O) groups excluding carboxylic acids is 2. The van der Waals surface area contributed by atoms with Gasteiger partial charge in [0.15, 0.2) is 5.13 Å². The van der Waals surface area contributed by atoms with Crippen LogP contribution in [-0.4, -0.2) is 49.0 Å². The number of nitrogens with zero attached hydrogens (tertiary/aromatic N) is 2. The third-order valence-electron chi connectivity index (χ3n) is 3.93. The zero-order valence-corrected chi connectivity index (χ0v) is 16.7. The first-order valence-corrected chi connectivity index (χ1v) is 9.67. The summed E-state index contributed by atoms with van der Waals surface area (Å²) in [5, 5.41) is 5.02. The number of benzene rings is 1. The quantitative estimate of drug-likeness (QED) is 0.628. The summed E-state index contributed by atoms with van der Waals surface area (Å²) >= 11 is 1.33. The van der Waals surface area contributed by atoms with E-state index in [-0.39, 0.29) is 18.4 Å². The molecule has 2 amide bonds. The molecule has 0 bridgehead atoms. The van der Waals surface area contributed by atoms with Crippen LogP contribution in [0.2, 0.25) is 0 Å². The van der Waals surface area contributed by atoms with Gasteiger partial charge in [-0.25, -0.2) is 4.98 Å². The van der Waals surface area contributed by atoms with Crippen molar-refractivity contribution in [1.82, 2.24) is 9.88 Å². The molecule has 0 saturated carbocycles. The van der Waals surface area contributed by atoms with Gasteiger partial charge in [-0.15, -0.1) is 11.3 Å². The molecule has 146 valence electrons. The topological polar surface area (TPSA) is 80.8 Å². The number of hydrogen-bond acceptors (Lipinski definition) is 6. The molecule has 0 saturated heterocycles. The molecule has 0 unspecified atom stereocenters. The first-order chi connectivity index (χ1) is 13.1. The van der Waals surface area contributed by atoms with Gasteiger partial charge >= 0.3 is 0 Å². The van der Waals surface area contributed by atoms with Crippen molar-refractivity contribution in [2.24, 2.45) is 0 Å². The highest BCUT2D eigenvalue weighted by atomic mass is 32.1. The predicted octanol–water partition coefficient (Wildman–Crippen LogP) is 3.43. The summed E-state index contributed by atoms with van der Waals surface area (Å²) < 4.78 is 10.5. The molecule has 2 rings (SSSR count). The molecule has 0 aliphatic carbocycles. The molecular formula is C19H25N3O4S. The number of hydrogen-bond donors (Lipinski definition) is 1. The van der Waals surface area contributed by atoms with E-state index in [0.29, 0.717) is 28.7 Å². The van der Waals surface area contributed by atoms with Crippen LogP contribution < -0.4 is 14.8 Å². The van der Waals surface area contributed by atoms with Crippen molar-refractivity contribution >= 4 is 28.3 Å². The third-order valence-corrected chi connectivity index (χ3v) is 4.62. The summed E-state index contributed by atoms with van der Waals surface area (Å²) in [5.41, 5.74) is 0.421. The van der Waals surface area contributed by atoms with Crippen molar-refractivity contribution in [3.8, 4) is 11.5 Å². The van der Waals surface area contributed by atoms with Gasteiger partial charge in [0, 0.05) is 29.8 Å². The number of rotatable bonds is 10. The van der Waals surface area contributed by atoms with Gasteiger partial charge < -0.3 is 19.7 Å². The largest absolute Gasteiger partial charge is 0.497 e. The lowest BCUT2D eigenvalue weighted by Crippen LogP contribution is -2.38. The monoisotopic (exact) mass is 391 g/mol. The van der Waals surface area contributed by atoms with Crippen LogP contribution in [0.3, 0.4) is 0 Å². The van der Waals surface area contributed by atoms with Crippen molar-refractivity contribution < 1.29 is 19.1 Å². The Hall–Kier alpha value is -2.61. The maximum atomic E-state index is 13.0. The lowest BCUT2D eigenvalue weighted by atomic mass is 10.1. The number of amides is 2. The van der Waals surface area contributed by atoms with Crippen LogP contribution in [0.5, 0.6) is 11.5 Å². The molecule has 2 aromatic rings. The van der Waals surface area contributed by atoms with Gasteiger partial charge in [-0.3, -0.25) is 9.59 Å².